The fraction of sp³-hybridized carbons (Fsp3) is 0.500. The topological polar surface area (TPSA) is 41.1 Å². The number of rotatable bonds is 3. The van der Waals surface area contributed by atoms with Crippen LogP contribution in [0, 0.1) is 19.8 Å². The number of hydrogen-bond acceptors (Lipinski definition) is 2. The summed E-state index contributed by atoms with van der Waals surface area (Å²) in [5, 5.41) is 6.38. The van der Waals surface area contributed by atoms with Gasteiger partial charge in [0, 0.05) is 11.3 Å². The predicted molar refractivity (Wildman–Crippen MR) is 68.0 cm³/mol. The van der Waals surface area contributed by atoms with E-state index in [2.05, 4.69) is 36.6 Å². The van der Waals surface area contributed by atoms with Crippen LogP contribution in [0.2, 0.25) is 0 Å². The Labute approximate surface area is 102 Å². The SMILES string of the molecule is Cc1cc(C)c2c(c1)C(NCC1CC1)C(=O)N2. The van der Waals surface area contributed by atoms with Crippen LogP contribution in [0.15, 0.2) is 12.1 Å². The number of nitrogens with one attached hydrogen (secondary N) is 2. The largest absolute Gasteiger partial charge is 0.324 e. The highest BCUT2D eigenvalue weighted by molar-refractivity contribution is 6.03. The van der Waals surface area contributed by atoms with Gasteiger partial charge in [-0.25, -0.2) is 0 Å². The van der Waals surface area contributed by atoms with Gasteiger partial charge < -0.3 is 10.6 Å². The molecule has 3 heteroatoms. The second kappa shape index (κ2) is 3.84. The summed E-state index contributed by atoms with van der Waals surface area (Å²) in [7, 11) is 0. The molecule has 2 N–H and O–H groups in total. The molecule has 0 radical (unpaired) electrons. The first kappa shape index (κ1) is 10.8. The van der Waals surface area contributed by atoms with Gasteiger partial charge in [0.15, 0.2) is 0 Å². The first-order valence-corrected chi connectivity index (χ1v) is 6.30. The van der Waals surface area contributed by atoms with Crippen molar-refractivity contribution in [1.82, 2.24) is 5.32 Å². The van der Waals surface area contributed by atoms with Crippen molar-refractivity contribution in [2.45, 2.75) is 32.7 Å². The van der Waals surface area contributed by atoms with Crippen LogP contribution >= 0.6 is 0 Å². The number of aryl methyl sites for hydroxylation is 2. The van der Waals surface area contributed by atoms with Crippen LogP contribution in [0.5, 0.6) is 0 Å². The highest BCUT2D eigenvalue weighted by Crippen LogP contribution is 2.35. The van der Waals surface area contributed by atoms with E-state index in [0.717, 1.165) is 29.3 Å². The van der Waals surface area contributed by atoms with Crippen LogP contribution in [-0.2, 0) is 4.79 Å². The molecule has 1 aliphatic heterocycles. The standard InChI is InChI=1S/C14H18N2O/c1-8-5-9(2)12-11(6-8)13(14(17)16-12)15-7-10-3-4-10/h5-6,10,13,15H,3-4,7H2,1-2H3,(H,16,17). The number of carbonyl (C=O) groups is 1. The van der Waals surface area contributed by atoms with Gasteiger partial charge in [-0.05, 0) is 44.7 Å². The smallest absolute Gasteiger partial charge is 0.246 e. The lowest BCUT2D eigenvalue weighted by Gasteiger charge is -2.12. The Balaban J connectivity index is 1.88. The molecule has 1 fully saturated rings. The second-order valence-corrected chi connectivity index (χ2v) is 5.32. The van der Waals surface area contributed by atoms with Crippen LogP contribution in [0.4, 0.5) is 5.69 Å². The van der Waals surface area contributed by atoms with Gasteiger partial charge in [0.1, 0.15) is 6.04 Å². The molecule has 0 spiro atoms. The Morgan fingerprint density at radius 1 is 1.35 bits per heavy atom. The minimum Gasteiger partial charge on any atom is -0.324 e. The molecule has 3 rings (SSSR count). The number of benzene rings is 1. The molecule has 1 atom stereocenters. The van der Waals surface area contributed by atoms with Crippen LogP contribution in [-0.4, -0.2) is 12.5 Å². The summed E-state index contributed by atoms with van der Waals surface area (Å²) in [4.78, 5) is 12.0. The maximum absolute atomic E-state index is 12.0. The Morgan fingerprint density at radius 3 is 2.82 bits per heavy atom. The van der Waals surface area contributed by atoms with E-state index in [9.17, 15) is 4.79 Å². The van der Waals surface area contributed by atoms with Gasteiger partial charge in [-0.1, -0.05) is 17.7 Å². The van der Waals surface area contributed by atoms with Crippen LogP contribution < -0.4 is 10.6 Å². The van der Waals surface area contributed by atoms with Crippen molar-refractivity contribution in [2.75, 3.05) is 11.9 Å². The summed E-state index contributed by atoms with van der Waals surface area (Å²) in [5.41, 5.74) is 4.50. The molecule has 0 saturated heterocycles. The average Bonchev–Trinajstić information content (AvgIpc) is 3.02. The summed E-state index contributed by atoms with van der Waals surface area (Å²) in [5.74, 6) is 0.882. The van der Waals surface area contributed by atoms with Gasteiger partial charge in [-0.15, -0.1) is 0 Å². The monoisotopic (exact) mass is 230 g/mol. The third-order valence-corrected chi connectivity index (χ3v) is 3.64. The molecule has 1 heterocycles. The lowest BCUT2D eigenvalue weighted by molar-refractivity contribution is -0.117. The Morgan fingerprint density at radius 2 is 2.12 bits per heavy atom. The number of amides is 1. The molecule has 1 aromatic rings. The molecule has 2 aliphatic rings. The van der Waals surface area contributed by atoms with Crippen LogP contribution in [0.3, 0.4) is 0 Å². The average molecular weight is 230 g/mol. The molecule has 1 saturated carbocycles. The molecule has 1 aromatic carbocycles. The Bertz CT molecular complexity index is 477. The number of fused-ring (bicyclic) bond motifs is 1. The van der Waals surface area contributed by atoms with Gasteiger partial charge in [0.25, 0.3) is 0 Å². The molecule has 90 valence electrons. The zero-order valence-electron chi connectivity index (χ0n) is 10.3. The molecule has 1 unspecified atom stereocenters. The molecule has 1 amide bonds. The lowest BCUT2D eigenvalue weighted by Crippen LogP contribution is -2.29. The number of carbonyl (C=O) groups excluding carboxylic acids is 1. The summed E-state index contributed by atoms with van der Waals surface area (Å²) in [6.45, 7) is 5.09. The normalized spacial score (nSPS) is 22.5. The van der Waals surface area contributed by atoms with Gasteiger partial charge >= 0.3 is 0 Å². The fourth-order valence-electron chi connectivity index (χ4n) is 2.54. The summed E-state index contributed by atoms with van der Waals surface area (Å²) in [6.07, 6.45) is 2.61. The van der Waals surface area contributed by atoms with E-state index in [-0.39, 0.29) is 11.9 Å². The zero-order valence-corrected chi connectivity index (χ0v) is 10.3. The molecule has 0 bridgehead atoms. The van der Waals surface area contributed by atoms with E-state index in [1.54, 1.807) is 0 Å². The minimum absolute atomic E-state index is 0.0920. The molecular weight excluding hydrogens is 212 g/mol. The number of hydrogen-bond donors (Lipinski definition) is 2. The Kier molecular flexibility index (Phi) is 2.44. The number of anilines is 1. The predicted octanol–water partition coefficient (Wildman–Crippen LogP) is 2.30. The third-order valence-electron chi connectivity index (χ3n) is 3.64. The maximum Gasteiger partial charge on any atom is 0.246 e. The highest BCUT2D eigenvalue weighted by atomic mass is 16.2. The van der Waals surface area contributed by atoms with Crippen molar-refractivity contribution in [3.05, 3.63) is 28.8 Å². The molecule has 17 heavy (non-hydrogen) atoms. The molecule has 0 aromatic heterocycles. The first-order valence-electron chi connectivity index (χ1n) is 6.30. The van der Waals surface area contributed by atoms with Crippen molar-refractivity contribution < 1.29 is 4.79 Å². The van der Waals surface area contributed by atoms with Crippen molar-refractivity contribution in [1.29, 1.82) is 0 Å². The molecular formula is C14H18N2O. The van der Waals surface area contributed by atoms with Crippen LogP contribution in [0.25, 0.3) is 0 Å². The van der Waals surface area contributed by atoms with Gasteiger partial charge in [-0.2, -0.15) is 0 Å². The molecule has 3 nitrogen and oxygen atoms in total. The van der Waals surface area contributed by atoms with Crippen molar-refractivity contribution in [3.63, 3.8) is 0 Å². The van der Waals surface area contributed by atoms with Gasteiger partial charge in [0.2, 0.25) is 5.91 Å². The maximum atomic E-state index is 12.0. The first-order chi connectivity index (χ1) is 8.15. The van der Waals surface area contributed by atoms with E-state index in [1.165, 1.54) is 18.4 Å². The van der Waals surface area contributed by atoms with Crippen molar-refractivity contribution >= 4 is 11.6 Å². The zero-order chi connectivity index (χ0) is 12.0. The van der Waals surface area contributed by atoms with E-state index < -0.39 is 0 Å². The van der Waals surface area contributed by atoms with Crippen molar-refractivity contribution in [3.8, 4) is 0 Å². The molecule has 1 aliphatic carbocycles. The van der Waals surface area contributed by atoms with Gasteiger partial charge in [-0.3, -0.25) is 4.79 Å². The van der Waals surface area contributed by atoms with E-state index in [4.69, 9.17) is 0 Å². The van der Waals surface area contributed by atoms with E-state index >= 15 is 0 Å². The van der Waals surface area contributed by atoms with Crippen molar-refractivity contribution in [2.24, 2.45) is 5.92 Å². The van der Waals surface area contributed by atoms with E-state index in [1.807, 2.05) is 0 Å². The third kappa shape index (κ3) is 1.95. The second-order valence-electron chi connectivity index (χ2n) is 5.32. The quantitative estimate of drug-likeness (QED) is 0.836. The summed E-state index contributed by atoms with van der Waals surface area (Å²) in [6, 6.07) is 4.08. The van der Waals surface area contributed by atoms with Gasteiger partial charge in [0.05, 0.1) is 0 Å². The fourth-order valence-corrected chi connectivity index (χ4v) is 2.54. The summed E-state index contributed by atoms with van der Waals surface area (Å²) < 4.78 is 0. The minimum atomic E-state index is -0.149. The summed E-state index contributed by atoms with van der Waals surface area (Å²) >= 11 is 0. The van der Waals surface area contributed by atoms with Crippen LogP contribution in [0.1, 0.15) is 35.6 Å². The van der Waals surface area contributed by atoms with E-state index in [0.29, 0.717) is 0 Å². The highest BCUT2D eigenvalue weighted by Gasteiger charge is 2.33. The Hall–Kier alpha value is -1.35. The lowest BCUT2D eigenvalue weighted by atomic mass is 10.0.